The number of ether oxygens (including phenoxy) is 3. The lowest BCUT2D eigenvalue weighted by molar-refractivity contribution is -0.144. The van der Waals surface area contributed by atoms with Crippen molar-refractivity contribution in [1.29, 1.82) is 0 Å². The second-order valence-corrected chi connectivity index (χ2v) is 6.73. The Kier molecular flexibility index (Phi) is 8.77. The van der Waals surface area contributed by atoms with Gasteiger partial charge in [-0.15, -0.1) is 0 Å². The Labute approximate surface area is 177 Å². The van der Waals surface area contributed by atoms with E-state index in [-0.39, 0.29) is 5.97 Å². The molecule has 0 bridgehead atoms. The molecule has 0 saturated heterocycles. The Morgan fingerprint density at radius 1 is 0.733 bits per heavy atom. The molecule has 0 amide bonds. The Balaban J connectivity index is 1.22. The number of carbonyl (C=O) groups is 1. The number of hydrogen-bond donors (Lipinski definition) is 1. The van der Waals surface area contributed by atoms with Crippen LogP contribution < -0.4 is 14.8 Å². The molecular weight excluding hydrogens is 378 g/mol. The van der Waals surface area contributed by atoms with Gasteiger partial charge in [0, 0.05) is 6.54 Å². The number of rotatable bonds is 12. The lowest BCUT2D eigenvalue weighted by Gasteiger charge is -2.09. The number of carbonyl (C=O) groups excluding carboxylic acids is 1. The van der Waals surface area contributed by atoms with Crippen molar-refractivity contribution in [1.82, 2.24) is 5.32 Å². The average molecular weight is 405 g/mol. The highest BCUT2D eigenvalue weighted by molar-refractivity contribution is 5.69. The fourth-order valence-corrected chi connectivity index (χ4v) is 2.74. The highest BCUT2D eigenvalue weighted by atomic mass is 16.5. The number of para-hydroxylation sites is 1. The molecule has 0 radical (unpaired) electrons. The van der Waals surface area contributed by atoms with Gasteiger partial charge in [0.15, 0.2) is 0 Å². The van der Waals surface area contributed by atoms with Crippen LogP contribution in [0, 0.1) is 0 Å². The molecule has 5 nitrogen and oxygen atoms in total. The van der Waals surface area contributed by atoms with Crippen molar-refractivity contribution >= 4 is 5.97 Å². The van der Waals surface area contributed by atoms with Crippen LogP contribution in [0.25, 0.3) is 0 Å². The van der Waals surface area contributed by atoms with Crippen molar-refractivity contribution in [2.45, 2.75) is 19.4 Å². The predicted molar refractivity (Wildman–Crippen MR) is 117 cm³/mol. The zero-order chi connectivity index (χ0) is 20.9. The minimum atomic E-state index is -0.194. The van der Waals surface area contributed by atoms with Crippen LogP contribution in [0.15, 0.2) is 84.9 Å². The summed E-state index contributed by atoms with van der Waals surface area (Å²) in [7, 11) is 0. The molecule has 1 N–H and O–H groups in total. The van der Waals surface area contributed by atoms with Crippen molar-refractivity contribution in [2.24, 2.45) is 0 Å². The molecule has 5 heteroatoms. The molecule has 0 heterocycles. The molecule has 0 aliphatic carbocycles. The molecule has 3 aromatic carbocycles. The van der Waals surface area contributed by atoms with E-state index in [2.05, 4.69) is 5.32 Å². The smallest absolute Gasteiger partial charge is 0.307 e. The third-order valence-electron chi connectivity index (χ3n) is 4.32. The summed E-state index contributed by atoms with van der Waals surface area (Å²) < 4.78 is 16.7. The van der Waals surface area contributed by atoms with Gasteiger partial charge < -0.3 is 19.5 Å². The lowest BCUT2D eigenvalue weighted by atomic mass is 10.2. The van der Waals surface area contributed by atoms with Crippen molar-refractivity contribution in [3.63, 3.8) is 0 Å². The summed E-state index contributed by atoms with van der Waals surface area (Å²) in [6.07, 6.45) is 1.21. The summed E-state index contributed by atoms with van der Waals surface area (Å²) >= 11 is 0. The van der Waals surface area contributed by atoms with E-state index in [0.717, 1.165) is 35.8 Å². The third-order valence-corrected chi connectivity index (χ3v) is 4.32. The Morgan fingerprint density at radius 3 is 2.10 bits per heavy atom. The zero-order valence-corrected chi connectivity index (χ0v) is 17.0. The maximum atomic E-state index is 11.7. The third kappa shape index (κ3) is 7.97. The fourth-order valence-electron chi connectivity index (χ4n) is 2.74. The van der Waals surface area contributed by atoms with Crippen molar-refractivity contribution in [2.75, 3.05) is 19.7 Å². The fraction of sp³-hybridized carbons (Fsp3) is 0.240. The first-order valence-electron chi connectivity index (χ1n) is 10.2. The number of esters is 1. The first-order valence-corrected chi connectivity index (χ1v) is 10.2. The normalized spacial score (nSPS) is 10.4. The SMILES string of the molecule is O=C(CCNCCCOc1ccc(Oc2ccccc2)cc1)OCc1ccccc1. The van der Waals surface area contributed by atoms with Crippen LogP contribution in [0.1, 0.15) is 18.4 Å². The molecule has 3 rings (SSSR count). The quantitative estimate of drug-likeness (QED) is 0.341. The minimum absolute atomic E-state index is 0.194. The van der Waals surface area contributed by atoms with E-state index in [0.29, 0.717) is 26.2 Å². The van der Waals surface area contributed by atoms with Gasteiger partial charge in [-0.05, 0) is 54.9 Å². The molecule has 0 unspecified atom stereocenters. The van der Waals surface area contributed by atoms with Gasteiger partial charge in [-0.3, -0.25) is 4.79 Å². The Bertz CT molecular complexity index is 867. The van der Waals surface area contributed by atoms with Gasteiger partial charge in [-0.25, -0.2) is 0 Å². The van der Waals surface area contributed by atoms with Crippen LogP contribution in [0.4, 0.5) is 0 Å². The minimum Gasteiger partial charge on any atom is -0.494 e. The van der Waals surface area contributed by atoms with Crippen LogP contribution in [-0.2, 0) is 16.1 Å². The highest BCUT2D eigenvalue weighted by Gasteiger charge is 2.03. The van der Waals surface area contributed by atoms with Crippen LogP contribution in [0.2, 0.25) is 0 Å². The Hall–Kier alpha value is -3.31. The summed E-state index contributed by atoms with van der Waals surface area (Å²) in [6, 6.07) is 26.9. The number of benzene rings is 3. The van der Waals surface area contributed by atoms with Crippen LogP contribution in [0.5, 0.6) is 17.2 Å². The second-order valence-electron chi connectivity index (χ2n) is 6.73. The monoisotopic (exact) mass is 405 g/mol. The van der Waals surface area contributed by atoms with Crippen molar-refractivity contribution in [3.05, 3.63) is 90.5 Å². The van der Waals surface area contributed by atoms with E-state index in [1.54, 1.807) is 0 Å². The predicted octanol–water partition coefficient (Wildman–Crippen LogP) is 4.97. The van der Waals surface area contributed by atoms with Crippen LogP contribution >= 0.6 is 0 Å². The molecule has 0 aliphatic heterocycles. The number of nitrogens with one attached hydrogen (secondary N) is 1. The Morgan fingerprint density at radius 2 is 1.37 bits per heavy atom. The summed E-state index contributed by atoms with van der Waals surface area (Å²) in [5, 5.41) is 3.24. The van der Waals surface area contributed by atoms with Gasteiger partial charge in [0.05, 0.1) is 13.0 Å². The van der Waals surface area contributed by atoms with Crippen LogP contribution in [0.3, 0.4) is 0 Å². The zero-order valence-electron chi connectivity index (χ0n) is 17.0. The molecule has 0 saturated carbocycles. The van der Waals surface area contributed by atoms with Gasteiger partial charge in [0.2, 0.25) is 0 Å². The maximum absolute atomic E-state index is 11.7. The van der Waals surface area contributed by atoms with Gasteiger partial charge >= 0.3 is 5.97 Å². The van der Waals surface area contributed by atoms with Gasteiger partial charge in [0.1, 0.15) is 23.9 Å². The number of hydrogen-bond acceptors (Lipinski definition) is 5. The van der Waals surface area contributed by atoms with E-state index < -0.39 is 0 Å². The molecule has 0 fully saturated rings. The summed E-state index contributed by atoms with van der Waals surface area (Å²) in [4.78, 5) is 11.7. The van der Waals surface area contributed by atoms with Gasteiger partial charge in [0.25, 0.3) is 0 Å². The summed E-state index contributed by atoms with van der Waals surface area (Å²) in [6.45, 7) is 2.30. The van der Waals surface area contributed by atoms with E-state index in [1.807, 2.05) is 84.9 Å². The molecule has 0 aromatic heterocycles. The molecule has 0 atom stereocenters. The van der Waals surface area contributed by atoms with E-state index >= 15 is 0 Å². The van der Waals surface area contributed by atoms with Crippen LogP contribution in [-0.4, -0.2) is 25.7 Å². The first-order chi connectivity index (χ1) is 14.8. The van der Waals surface area contributed by atoms with Gasteiger partial charge in [-0.1, -0.05) is 48.5 Å². The van der Waals surface area contributed by atoms with E-state index in [4.69, 9.17) is 14.2 Å². The largest absolute Gasteiger partial charge is 0.494 e. The first kappa shape index (κ1) is 21.4. The van der Waals surface area contributed by atoms with Crippen molar-refractivity contribution in [3.8, 4) is 17.2 Å². The highest BCUT2D eigenvalue weighted by Crippen LogP contribution is 2.23. The summed E-state index contributed by atoms with van der Waals surface area (Å²) in [5.41, 5.74) is 0.996. The summed E-state index contributed by atoms with van der Waals surface area (Å²) in [5.74, 6) is 2.19. The molecule has 3 aromatic rings. The topological polar surface area (TPSA) is 56.8 Å². The molecular formula is C25H27NO4. The van der Waals surface area contributed by atoms with E-state index in [1.165, 1.54) is 0 Å². The average Bonchev–Trinajstić information content (AvgIpc) is 2.79. The van der Waals surface area contributed by atoms with E-state index in [9.17, 15) is 4.79 Å². The second kappa shape index (κ2) is 12.3. The molecule has 0 aliphatic rings. The maximum Gasteiger partial charge on any atom is 0.307 e. The lowest BCUT2D eigenvalue weighted by Crippen LogP contribution is -2.21. The molecule has 0 spiro atoms. The van der Waals surface area contributed by atoms with Crippen molar-refractivity contribution < 1.29 is 19.0 Å². The standard InChI is InChI=1S/C25H27NO4/c27-25(29-20-21-8-3-1-4-9-21)16-18-26-17-7-19-28-22-12-14-24(15-13-22)30-23-10-5-2-6-11-23/h1-6,8-15,26H,7,16-20H2. The molecule has 30 heavy (non-hydrogen) atoms. The van der Waals surface area contributed by atoms with Gasteiger partial charge in [-0.2, -0.15) is 0 Å². The molecule has 156 valence electrons.